The Morgan fingerprint density at radius 1 is 1.18 bits per heavy atom. The number of nitriles is 1. The van der Waals surface area contributed by atoms with Crippen molar-refractivity contribution in [3.63, 3.8) is 0 Å². The summed E-state index contributed by atoms with van der Waals surface area (Å²) in [6, 6.07) is 9.00. The summed E-state index contributed by atoms with van der Waals surface area (Å²) in [6.07, 6.45) is 0. The van der Waals surface area contributed by atoms with Crippen molar-refractivity contribution in [3.8, 4) is 6.07 Å². The first-order valence-corrected chi connectivity index (χ1v) is 3.13. The fourth-order valence-corrected chi connectivity index (χ4v) is 0.511. The average molecular weight is 149 g/mol. The second-order valence-corrected chi connectivity index (χ2v) is 1.85. The van der Waals surface area contributed by atoms with Crippen molar-refractivity contribution in [2.24, 2.45) is 0 Å². The largest absolute Gasteiger partial charge is 0.397 e. The van der Waals surface area contributed by atoms with Gasteiger partial charge in [0.05, 0.1) is 17.4 Å². The van der Waals surface area contributed by atoms with Gasteiger partial charge in [0.15, 0.2) is 0 Å². The molecule has 0 atom stereocenters. The number of hydrogen-bond donors (Lipinski definition) is 2. The van der Waals surface area contributed by atoms with E-state index in [9.17, 15) is 0 Å². The van der Waals surface area contributed by atoms with E-state index < -0.39 is 0 Å². The fourth-order valence-electron chi connectivity index (χ4n) is 0.511. The van der Waals surface area contributed by atoms with Crippen molar-refractivity contribution in [2.75, 3.05) is 11.5 Å². The molecule has 11 heavy (non-hydrogen) atoms. The quantitative estimate of drug-likeness (QED) is 0.547. The third-order valence-corrected chi connectivity index (χ3v) is 0.996. The molecule has 0 aliphatic heterocycles. The van der Waals surface area contributed by atoms with Gasteiger partial charge in [0.25, 0.3) is 0 Å². The van der Waals surface area contributed by atoms with Gasteiger partial charge in [0, 0.05) is 6.92 Å². The van der Waals surface area contributed by atoms with Crippen LogP contribution in [0.3, 0.4) is 0 Å². The molecule has 0 bridgehead atoms. The number of nitrogens with two attached hydrogens (primary N) is 2. The highest BCUT2D eigenvalue weighted by molar-refractivity contribution is 5.62. The van der Waals surface area contributed by atoms with Crippen LogP contribution in [0.5, 0.6) is 0 Å². The lowest BCUT2D eigenvalue weighted by Crippen LogP contribution is -1.91. The predicted octanol–water partition coefficient (Wildman–Crippen LogP) is 1.38. The maximum Gasteiger partial charge on any atom is 0.0587 e. The van der Waals surface area contributed by atoms with Crippen LogP contribution >= 0.6 is 0 Å². The molecule has 1 rings (SSSR count). The Balaban J connectivity index is 0.000000292. The summed E-state index contributed by atoms with van der Waals surface area (Å²) in [5.74, 6) is 0. The molecule has 1 aromatic rings. The first kappa shape index (κ1) is 9.31. The van der Waals surface area contributed by atoms with Crippen molar-refractivity contribution >= 4 is 11.4 Å². The molecule has 4 N–H and O–H groups in total. The van der Waals surface area contributed by atoms with Crippen molar-refractivity contribution in [1.82, 2.24) is 0 Å². The lowest BCUT2D eigenvalue weighted by molar-refractivity contribution is 1.49. The Bertz CT molecular complexity index is 229. The number of anilines is 2. The molecule has 0 heterocycles. The molecule has 58 valence electrons. The third-order valence-electron chi connectivity index (χ3n) is 0.996. The third kappa shape index (κ3) is 3.82. The number of rotatable bonds is 0. The second kappa shape index (κ2) is 5.12. The molecule has 0 radical (unpaired) electrons. The van der Waals surface area contributed by atoms with Gasteiger partial charge in [0.2, 0.25) is 0 Å². The Hall–Kier alpha value is -1.69. The van der Waals surface area contributed by atoms with Crippen LogP contribution in [0, 0.1) is 11.3 Å². The molecule has 1 aromatic carbocycles. The van der Waals surface area contributed by atoms with Gasteiger partial charge in [-0.15, -0.1) is 0 Å². The maximum atomic E-state index is 7.32. The van der Waals surface area contributed by atoms with Crippen LogP contribution in [0.2, 0.25) is 0 Å². The van der Waals surface area contributed by atoms with Gasteiger partial charge in [-0.05, 0) is 12.1 Å². The van der Waals surface area contributed by atoms with E-state index in [-0.39, 0.29) is 0 Å². The molecule has 0 unspecified atom stereocenters. The Morgan fingerprint density at radius 2 is 1.45 bits per heavy atom. The predicted molar refractivity (Wildman–Crippen MR) is 46.6 cm³/mol. The number of hydrogen-bond acceptors (Lipinski definition) is 3. The highest BCUT2D eigenvalue weighted by Gasteiger charge is 1.85. The molecule has 0 aliphatic rings. The second-order valence-electron chi connectivity index (χ2n) is 1.85. The summed E-state index contributed by atoms with van der Waals surface area (Å²) in [5.41, 5.74) is 12.1. The minimum Gasteiger partial charge on any atom is -0.397 e. The lowest BCUT2D eigenvalue weighted by Gasteiger charge is -1.94. The summed E-state index contributed by atoms with van der Waals surface area (Å²) < 4.78 is 0. The van der Waals surface area contributed by atoms with Crippen LogP contribution in [0.4, 0.5) is 11.4 Å². The summed E-state index contributed by atoms with van der Waals surface area (Å²) >= 11 is 0. The molecule has 0 amide bonds. The molecule has 0 fully saturated rings. The SMILES string of the molecule is CC#N.Nc1ccccc1N. The van der Waals surface area contributed by atoms with Crippen molar-refractivity contribution in [2.45, 2.75) is 6.92 Å². The molecular weight excluding hydrogens is 138 g/mol. The smallest absolute Gasteiger partial charge is 0.0587 e. The van der Waals surface area contributed by atoms with E-state index >= 15 is 0 Å². The number of nitrogen functional groups attached to an aromatic ring is 2. The molecule has 3 nitrogen and oxygen atoms in total. The summed E-state index contributed by atoms with van der Waals surface area (Å²) in [7, 11) is 0. The van der Waals surface area contributed by atoms with Crippen LogP contribution in [-0.4, -0.2) is 0 Å². The first-order chi connectivity index (χ1) is 5.22. The standard InChI is InChI=1S/C6H8N2.C2H3N/c7-5-3-1-2-4-6(5)8;1-2-3/h1-4H,7-8H2;1H3. The minimum atomic E-state index is 0.646. The van der Waals surface area contributed by atoms with Gasteiger partial charge in [-0.25, -0.2) is 0 Å². The Kier molecular flexibility index (Phi) is 4.34. The van der Waals surface area contributed by atoms with Crippen molar-refractivity contribution in [3.05, 3.63) is 24.3 Å². The highest BCUT2D eigenvalue weighted by Crippen LogP contribution is 2.10. The summed E-state index contributed by atoms with van der Waals surface area (Å²) in [5, 5.41) is 7.32. The number of para-hydroxylation sites is 2. The average Bonchev–Trinajstić information content (AvgIpc) is 1.97. The molecule has 0 aliphatic carbocycles. The van der Waals surface area contributed by atoms with Gasteiger partial charge in [-0.2, -0.15) is 5.26 Å². The zero-order chi connectivity index (χ0) is 8.69. The minimum absolute atomic E-state index is 0.646. The Labute approximate surface area is 66.2 Å². The number of benzene rings is 1. The van der Waals surface area contributed by atoms with Crippen molar-refractivity contribution in [1.29, 1.82) is 5.26 Å². The van der Waals surface area contributed by atoms with Crippen LogP contribution in [0.1, 0.15) is 6.92 Å². The van der Waals surface area contributed by atoms with Gasteiger partial charge in [0.1, 0.15) is 0 Å². The molecule has 0 saturated carbocycles. The van der Waals surface area contributed by atoms with Gasteiger partial charge >= 0.3 is 0 Å². The van der Waals surface area contributed by atoms with E-state index in [4.69, 9.17) is 16.7 Å². The number of nitrogens with zero attached hydrogens (tertiary/aromatic N) is 1. The zero-order valence-corrected chi connectivity index (χ0v) is 6.41. The molecule has 0 saturated heterocycles. The van der Waals surface area contributed by atoms with E-state index in [0.29, 0.717) is 11.4 Å². The normalized spacial score (nSPS) is 7.27. The zero-order valence-electron chi connectivity index (χ0n) is 6.41. The summed E-state index contributed by atoms with van der Waals surface area (Å²) in [4.78, 5) is 0. The monoisotopic (exact) mass is 149 g/mol. The Morgan fingerprint density at radius 3 is 1.64 bits per heavy atom. The van der Waals surface area contributed by atoms with E-state index in [0.717, 1.165) is 0 Å². The van der Waals surface area contributed by atoms with E-state index in [1.54, 1.807) is 18.2 Å². The van der Waals surface area contributed by atoms with Gasteiger partial charge < -0.3 is 11.5 Å². The fraction of sp³-hybridized carbons (Fsp3) is 0.125. The summed E-state index contributed by atoms with van der Waals surface area (Å²) in [6.45, 7) is 1.43. The molecule has 0 spiro atoms. The lowest BCUT2D eigenvalue weighted by atomic mass is 10.3. The topological polar surface area (TPSA) is 75.8 Å². The van der Waals surface area contributed by atoms with Gasteiger partial charge in [-0.1, -0.05) is 12.1 Å². The molecule has 0 aromatic heterocycles. The molecular formula is C8H11N3. The van der Waals surface area contributed by atoms with E-state index in [1.165, 1.54) is 6.92 Å². The van der Waals surface area contributed by atoms with Gasteiger partial charge in [-0.3, -0.25) is 0 Å². The van der Waals surface area contributed by atoms with Crippen LogP contribution in [-0.2, 0) is 0 Å². The van der Waals surface area contributed by atoms with E-state index in [2.05, 4.69) is 0 Å². The van der Waals surface area contributed by atoms with Crippen molar-refractivity contribution < 1.29 is 0 Å². The first-order valence-electron chi connectivity index (χ1n) is 3.13. The molecule has 3 heteroatoms. The van der Waals surface area contributed by atoms with Crippen LogP contribution in [0.25, 0.3) is 0 Å². The van der Waals surface area contributed by atoms with Crippen LogP contribution in [0.15, 0.2) is 24.3 Å². The van der Waals surface area contributed by atoms with Crippen LogP contribution < -0.4 is 11.5 Å². The highest BCUT2D eigenvalue weighted by atomic mass is 14.7. The maximum absolute atomic E-state index is 7.32. The van der Waals surface area contributed by atoms with E-state index in [1.807, 2.05) is 12.1 Å².